The molecule has 3 heterocycles. The van der Waals surface area contributed by atoms with Crippen molar-refractivity contribution in [1.29, 1.82) is 0 Å². The molecule has 0 fully saturated rings. The van der Waals surface area contributed by atoms with Gasteiger partial charge >= 0.3 is 0 Å². The number of aromatic nitrogens is 3. The SMILES string of the molecule is CCOC[C@H](CC)n1cc(C)c2nc(-c3ccc(C(C)C)nc3CN)c(C)cc21. The number of rotatable bonds is 8. The highest BCUT2D eigenvalue weighted by molar-refractivity contribution is 5.84. The number of hydrogen-bond acceptors (Lipinski definition) is 4. The molecule has 29 heavy (non-hydrogen) atoms. The van der Waals surface area contributed by atoms with Crippen LogP contribution in [0.5, 0.6) is 0 Å². The van der Waals surface area contributed by atoms with Gasteiger partial charge in [-0.15, -0.1) is 0 Å². The fourth-order valence-electron chi connectivity index (χ4n) is 3.86. The summed E-state index contributed by atoms with van der Waals surface area (Å²) in [5, 5.41) is 0. The maximum atomic E-state index is 6.05. The van der Waals surface area contributed by atoms with E-state index >= 15 is 0 Å². The van der Waals surface area contributed by atoms with Gasteiger partial charge in [0, 0.05) is 30.6 Å². The Balaban J connectivity index is 2.13. The zero-order chi connectivity index (χ0) is 21.1. The molecule has 3 aromatic heterocycles. The summed E-state index contributed by atoms with van der Waals surface area (Å²) in [4.78, 5) is 9.89. The molecular weight excluding hydrogens is 360 g/mol. The summed E-state index contributed by atoms with van der Waals surface area (Å²) in [6.07, 6.45) is 3.22. The molecule has 0 spiro atoms. The topological polar surface area (TPSA) is 66.0 Å². The average Bonchev–Trinajstić information content (AvgIpc) is 3.03. The number of nitrogens with two attached hydrogens (primary N) is 1. The summed E-state index contributed by atoms with van der Waals surface area (Å²) < 4.78 is 8.05. The van der Waals surface area contributed by atoms with E-state index in [1.165, 1.54) is 5.56 Å². The number of fused-ring (bicyclic) bond motifs is 1. The Morgan fingerprint density at radius 1 is 1.10 bits per heavy atom. The van der Waals surface area contributed by atoms with Gasteiger partial charge in [-0.1, -0.05) is 20.8 Å². The molecule has 0 bridgehead atoms. The second-order valence-electron chi connectivity index (χ2n) is 8.05. The van der Waals surface area contributed by atoms with Gasteiger partial charge in [-0.25, -0.2) is 4.98 Å². The third-order valence-corrected chi connectivity index (χ3v) is 5.59. The molecule has 3 aromatic rings. The van der Waals surface area contributed by atoms with Crippen LogP contribution >= 0.6 is 0 Å². The number of pyridine rings is 2. The molecule has 5 heteroatoms. The standard InChI is InChI=1S/C24H34N4O/c1-7-18(14-29-8-2)28-13-17(6)24-22(28)11-16(5)23(27-24)19-9-10-20(15(3)4)26-21(19)12-25/h9-11,13,15,18H,7-8,12,14,25H2,1-6H3/t18-/m0/s1. The van der Waals surface area contributed by atoms with Gasteiger partial charge < -0.3 is 15.0 Å². The van der Waals surface area contributed by atoms with Gasteiger partial charge in [0.1, 0.15) is 0 Å². The van der Waals surface area contributed by atoms with Crippen molar-refractivity contribution in [1.82, 2.24) is 14.5 Å². The predicted molar refractivity (Wildman–Crippen MR) is 120 cm³/mol. The first kappa shape index (κ1) is 21.5. The van der Waals surface area contributed by atoms with Crippen molar-refractivity contribution in [2.24, 2.45) is 5.73 Å². The summed E-state index contributed by atoms with van der Waals surface area (Å²) in [5.41, 5.74) is 14.5. The van der Waals surface area contributed by atoms with Crippen LogP contribution in [0.25, 0.3) is 22.3 Å². The molecular formula is C24H34N4O. The lowest BCUT2D eigenvalue weighted by atomic mass is 10.0. The Morgan fingerprint density at radius 3 is 2.48 bits per heavy atom. The van der Waals surface area contributed by atoms with Gasteiger partial charge in [-0.05, 0) is 62.4 Å². The van der Waals surface area contributed by atoms with Crippen LogP contribution < -0.4 is 5.73 Å². The van der Waals surface area contributed by atoms with Crippen LogP contribution in [0.4, 0.5) is 0 Å². The quantitative estimate of drug-likeness (QED) is 0.564. The number of hydrogen-bond donors (Lipinski definition) is 1. The largest absolute Gasteiger partial charge is 0.380 e. The minimum absolute atomic E-state index is 0.310. The second kappa shape index (κ2) is 9.06. The van der Waals surface area contributed by atoms with Gasteiger partial charge in [0.05, 0.1) is 35.1 Å². The van der Waals surface area contributed by atoms with Crippen LogP contribution in [-0.4, -0.2) is 27.7 Å². The lowest BCUT2D eigenvalue weighted by Crippen LogP contribution is -2.14. The van der Waals surface area contributed by atoms with Crippen LogP contribution in [0.1, 0.15) is 68.6 Å². The number of ether oxygens (including phenoxy) is 1. The van der Waals surface area contributed by atoms with E-state index in [4.69, 9.17) is 20.4 Å². The predicted octanol–water partition coefficient (Wildman–Crippen LogP) is 5.28. The van der Waals surface area contributed by atoms with Crippen molar-refractivity contribution in [3.05, 3.63) is 46.9 Å². The molecule has 0 aliphatic carbocycles. The Bertz CT molecular complexity index is 990. The normalized spacial score (nSPS) is 12.8. The average molecular weight is 395 g/mol. The monoisotopic (exact) mass is 394 g/mol. The first-order valence-corrected chi connectivity index (χ1v) is 10.7. The lowest BCUT2D eigenvalue weighted by molar-refractivity contribution is 0.113. The molecule has 156 valence electrons. The Labute approximate surface area is 174 Å². The number of aryl methyl sites for hydroxylation is 2. The summed E-state index contributed by atoms with van der Waals surface area (Å²) in [6, 6.07) is 6.78. The van der Waals surface area contributed by atoms with E-state index in [-0.39, 0.29) is 0 Å². The highest BCUT2D eigenvalue weighted by Crippen LogP contribution is 2.32. The van der Waals surface area contributed by atoms with Crippen LogP contribution in [0, 0.1) is 13.8 Å². The summed E-state index contributed by atoms with van der Waals surface area (Å²) in [6.45, 7) is 14.6. The second-order valence-corrected chi connectivity index (χ2v) is 8.05. The van der Waals surface area contributed by atoms with Crippen LogP contribution in [-0.2, 0) is 11.3 Å². The fraction of sp³-hybridized carbons (Fsp3) is 0.500. The van der Waals surface area contributed by atoms with Crippen molar-refractivity contribution >= 4 is 11.0 Å². The van der Waals surface area contributed by atoms with Gasteiger partial charge in [0.15, 0.2) is 0 Å². The van der Waals surface area contributed by atoms with Crippen LogP contribution in [0.15, 0.2) is 24.4 Å². The van der Waals surface area contributed by atoms with Crippen molar-refractivity contribution in [3.63, 3.8) is 0 Å². The molecule has 3 rings (SSSR count). The molecule has 5 nitrogen and oxygen atoms in total. The maximum absolute atomic E-state index is 6.05. The van der Waals surface area contributed by atoms with Crippen molar-refractivity contribution in [2.45, 2.75) is 66.5 Å². The first-order chi connectivity index (χ1) is 13.9. The Morgan fingerprint density at radius 2 is 1.86 bits per heavy atom. The first-order valence-electron chi connectivity index (χ1n) is 10.7. The van der Waals surface area contributed by atoms with E-state index in [1.807, 2.05) is 6.92 Å². The zero-order valence-corrected chi connectivity index (χ0v) is 18.6. The summed E-state index contributed by atoms with van der Waals surface area (Å²) in [7, 11) is 0. The minimum Gasteiger partial charge on any atom is -0.380 e. The van der Waals surface area contributed by atoms with Crippen molar-refractivity contribution < 1.29 is 4.74 Å². The van der Waals surface area contributed by atoms with Crippen molar-refractivity contribution in [3.8, 4) is 11.3 Å². The highest BCUT2D eigenvalue weighted by Gasteiger charge is 2.18. The minimum atomic E-state index is 0.310. The molecule has 0 aromatic carbocycles. The van der Waals surface area contributed by atoms with E-state index in [9.17, 15) is 0 Å². The highest BCUT2D eigenvalue weighted by atomic mass is 16.5. The van der Waals surface area contributed by atoms with Crippen molar-refractivity contribution in [2.75, 3.05) is 13.2 Å². The van der Waals surface area contributed by atoms with Gasteiger partial charge in [-0.2, -0.15) is 0 Å². The third kappa shape index (κ3) is 4.21. The third-order valence-electron chi connectivity index (χ3n) is 5.59. The molecule has 0 amide bonds. The molecule has 0 unspecified atom stereocenters. The van der Waals surface area contributed by atoms with Crippen LogP contribution in [0.3, 0.4) is 0 Å². The fourth-order valence-corrected chi connectivity index (χ4v) is 3.86. The molecule has 0 saturated heterocycles. The van der Waals surface area contributed by atoms with Gasteiger partial charge in [0.25, 0.3) is 0 Å². The molecule has 0 saturated carbocycles. The molecule has 0 radical (unpaired) electrons. The molecule has 1 atom stereocenters. The van der Waals surface area contributed by atoms with E-state index in [0.29, 0.717) is 18.5 Å². The van der Waals surface area contributed by atoms with E-state index < -0.39 is 0 Å². The summed E-state index contributed by atoms with van der Waals surface area (Å²) in [5.74, 6) is 0.374. The molecule has 0 aliphatic rings. The Kier molecular flexibility index (Phi) is 6.70. The van der Waals surface area contributed by atoms with E-state index in [0.717, 1.165) is 58.9 Å². The van der Waals surface area contributed by atoms with Crippen LogP contribution in [0.2, 0.25) is 0 Å². The maximum Gasteiger partial charge on any atom is 0.0917 e. The molecule has 2 N–H and O–H groups in total. The number of nitrogens with zero attached hydrogens (tertiary/aromatic N) is 3. The summed E-state index contributed by atoms with van der Waals surface area (Å²) >= 11 is 0. The van der Waals surface area contributed by atoms with E-state index in [2.05, 4.69) is 63.6 Å². The zero-order valence-electron chi connectivity index (χ0n) is 18.6. The Hall–Kier alpha value is -2.24. The van der Waals surface area contributed by atoms with Gasteiger partial charge in [0.2, 0.25) is 0 Å². The molecule has 0 aliphatic heterocycles. The lowest BCUT2D eigenvalue weighted by Gasteiger charge is -2.19. The van der Waals surface area contributed by atoms with Gasteiger partial charge in [-0.3, -0.25) is 4.98 Å². The van der Waals surface area contributed by atoms with E-state index in [1.54, 1.807) is 0 Å². The smallest absolute Gasteiger partial charge is 0.0917 e.